The maximum absolute atomic E-state index is 13.4. The van der Waals surface area contributed by atoms with Gasteiger partial charge in [0.1, 0.15) is 0 Å². The average molecular weight is 416 g/mol. The Bertz CT molecular complexity index is 1170. The molecule has 0 spiro atoms. The van der Waals surface area contributed by atoms with E-state index >= 15 is 0 Å². The Balaban J connectivity index is 1.91. The van der Waals surface area contributed by atoms with Crippen LogP contribution in [0.2, 0.25) is 0 Å². The van der Waals surface area contributed by atoms with E-state index in [1.54, 1.807) is 28.8 Å². The van der Waals surface area contributed by atoms with Crippen LogP contribution >= 0.6 is 0 Å². The highest BCUT2D eigenvalue weighted by molar-refractivity contribution is 5.72. The Morgan fingerprint density at radius 1 is 1.27 bits per heavy atom. The summed E-state index contributed by atoms with van der Waals surface area (Å²) in [5.41, 5.74) is 0.864. The lowest BCUT2D eigenvalue weighted by Crippen LogP contribution is -2.44. The number of halogens is 3. The molecule has 0 aliphatic carbocycles. The third-order valence-corrected chi connectivity index (χ3v) is 5.38. The van der Waals surface area contributed by atoms with E-state index in [4.69, 9.17) is 5.26 Å². The van der Waals surface area contributed by atoms with Crippen LogP contribution in [0.4, 0.5) is 19.1 Å². The lowest BCUT2D eigenvalue weighted by Gasteiger charge is -2.35. The molecule has 3 heterocycles. The minimum Gasteiger partial charge on any atom is -0.341 e. The second kappa shape index (κ2) is 7.48. The molecule has 0 N–H and O–H groups in total. The van der Waals surface area contributed by atoms with E-state index in [2.05, 4.69) is 9.97 Å². The Morgan fingerprint density at radius 3 is 2.63 bits per heavy atom. The Morgan fingerprint density at radius 2 is 2.00 bits per heavy atom. The summed E-state index contributed by atoms with van der Waals surface area (Å²) in [5, 5.41) is 9.03. The quantitative estimate of drug-likeness (QED) is 0.655. The summed E-state index contributed by atoms with van der Waals surface area (Å²) in [6.07, 6.45) is -2.41. The fraction of sp³-hybridized carbons (Fsp3) is 0.400. The molecule has 0 radical (unpaired) electrons. The number of piperidine rings is 1. The molecule has 0 amide bonds. The number of imidazole rings is 1. The number of fused-ring (bicyclic) bond motifs is 1. The molecule has 1 aliphatic heterocycles. The second-order valence-corrected chi connectivity index (χ2v) is 7.24. The smallest absolute Gasteiger partial charge is 0.341 e. The van der Waals surface area contributed by atoms with Crippen LogP contribution in [0.3, 0.4) is 0 Å². The van der Waals surface area contributed by atoms with Gasteiger partial charge in [0, 0.05) is 19.6 Å². The minimum absolute atomic E-state index is 0.0518. The predicted octanol–water partition coefficient (Wildman–Crippen LogP) is 3.25. The largest absolute Gasteiger partial charge is 0.393 e. The summed E-state index contributed by atoms with van der Waals surface area (Å²) < 4.78 is 43.1. The van der Waals surface area contributed by atoms with Gasteiger partial charge < -0.3 is 9.47 Å². The van der Waals surface area contributed by atoms with E-state index in [1.807, 2.05) is 13.0 Å². The molecule has 1 atom stereocenters. The van der Waals surface area contributed by atoms with Gasteiger partial charge in [-0.15, -0.1) is 0 Å². The third-order valence-electron chi connectivity index (χ3n) is 5.38. The number of benzene rings is 1. The van der Waals surface area contributed by atoms with E-state index < -0.39 is 17.7 Å². The third kappa shape index (κ3) is 3.40. The topological polar surface area (TPSA) is 79.7 Å². The zero-order valence-electron chi connectivity index (χ0n) is 16.2. The Labute approximate surface area is 170 Å². The normalized spacial score (nSPS) is 17.3. The van der Waals surface area contributed by atoms with Crippen molar-refractivity contribution < 1.29 is 13.2 Å². The van der Waals surface area contributed by atoms with Crippen LogP contribution in [-0.2, 0) is 6.54 Å². The lowest BCUT2D eigenvalue weighted by atomic mass is 9.98. The minimum atomic E-state index is -4.31. The summed E-state index contributed by atoms with van der Waals surface area (Å²) in [5.74, 6) is -1.33. The Hall–Kier alpha value is -3.35. The molecular weight excluding hydrogens is 397 g/mol. The van der Waals surface area contributed by atoms with Crippen LogP contribution < -0.4 is 10.5 Å². The van der Waals surface area contributed by atoms with Gasteiger partial charge in [-0.25, -0.2) is 9.55 Å². The van der Waals surface area contributed by atoms with Crippen molar-refractivity contribution in [3.8, 4) is 11.8 Å². The van der Waals surface area contributed by atoms with E-state index in [0.717, 1.165) is 0 Å². The summed E-state index contributed by atoms with van der Waals surface area (Å²) in [6, 6.07) is 8.27. The van der Waals surface area contributed by atoms with Gasteiger partial charge in [0.05, 0.1) is 29.6 Å². The fourth-order valence-electron chi connectivity index (χ4n) is 3.77. The maximum atomic E-state index is 13.4. The first-order chi connectivity index (χ1) is 14.3. The van der Waals surface area contributed by atoms with Crippen molar-refractivity contribution in [3.05, 3.63) is 46.5 Å². The van der Waals surface area contributed by atoms with Gasteiger partial charge >= 0.3 is 6.18 Å². The molecule has 1 unspecified atom stereocenters. The van der Waals surface area contributed by atoms with Crippen molar-refractivity contribution >= 4 is 17.1 Å². The molecule has 30 heavy (non-hydrogen) atoms. The number of rotatable bonds is 3. The highest BCUT2D eigenvalue weighted by atomic mass is 19.4. The van der Waals surface area contributed by atoms with Crippen LogP contribution in [0.15, 0.2) is 35.4 Å². The second-order valence-electron chi connectivity index (χ2n) is 7.24. The molecule has 156 valence electrons. The van der Waals surface area contributed by atoms with Gasteiger partial charge in [-0.05, 0) is 44.0 Å². The fourth-order valence-corrected chi connectivity index (χ4v) is 3.77. The molecule has 10 heteroatoms. The number of nitrogens with zero attached hydrogens (tertiary/aromatic N) is 6. The molecule has 1 aliphatic rings. The molecule has 2 aromatic heterocycles. The molecular formula is C20H19F3N6O. The Kier molecular flexibility index (Phi) is 4.97. The van der Waals surface area contributed by atoms with Crippen LogP contribution in [0.25, 0.3) is 16.9 Å². The van der Waals surface area contributed by atoms with E-state index in [0.29, 0.717) is 36.4 Å². The van der Waals surface area contributed by atoms with Crippen molar-refractivity contribution in [3.63, 3.8) is 0 Å². The first kappa shape index (κ1) is 19.9. The van der Waals surface area contributed by atoms with E-state index in [1.165, 1.54) is 15.8 Å². The molecule has 4 rings (SSSR count). The number of aryl methyl sites for hydroxylation is 1. The summed E-state index contributed by atoms with van der Waals surface area (Å²) >= 11 is 0. The van der Waals surface area contributed by atoms with Crippen molar-refractivity contribution in [1.29, 1.82) is 5.26 Å². The van der Waals surface area contributed by atoms with Crippen molar-refractivity contribution in [2.24, 2.45) is 5.92 Å². The first-order valence-electron chi connectivity index (χ1n) is 9.63. The maximum Gasteiger partial charge on any atom is 0.393 e. The zero-order chi connectivity index (χ0) is 21.5. The van der Waals surface area contributed by atoms with Crippen molar-refractivity contribution in [2.75, 3.05) is 18.0 Å². The van der Waals surface area contributed by atoms with Crippen LogP contribution in [0.5, 0.6) is 0 Å². The van der Waals surface area contributed by atoms with Gasteiger partial charge in [-0.3, -0.25) is 4.79 Å². The number of alkyl halides is 3. The van der Waals surface area contributed by atoms with Gasteiger partial charge in [-0.2, -0.15) is 23.4 Å². The number of nitriles is 1. The monoisotopic (exact) mass is 416 g/mol. The molecule has 7 nitrogen and oxygen atoms in total. The van der Waals surface area contributed by atoms with E-state index in [9.17, 15) is 18.0 Å². The van der Waals surface area contributed by atoms with Gasteiger partial charge in [0.15, 0.2) is 11.2 Å². The summed E-state index contributed by atoms with van der Waals surface area (Å²) in [7, 11) is 0. The zero-order valence-corrected chi connectivity index (χ0v) is 16.2. The summed E-state index contributed by atoms with van der Waals surface area (Å²) in [4.78, 5) is 23.6. The highest BCUT2D eigenvalue weighted by Crippen LogP contribution is 2.34. The molecule has 0 bridgehead atoms. The number of hydrogen-bond donors (Lipinski definition) is 0. The number of anilines is 1. The van der Waals surface area contributed by atoms with Crippen molar-refractivity contribution in [2.45, 2.75) is 32.5 Å². The van der Waals surface area contributed by atoms with Gasteiger partial charge in [-0.1, -0.05) is 0 Å². The van der Waals surface area contributed by atoms with E-state index in [-0.39, 0.29) is 24.4 Å². The molecule has 1 fully saturated rings. The SMILES string of the molecule is CCn1cnc2c(=O)n(-c3ccc(C#N)cc3)c(N3CCCC(C(F)(F)F)C3)nc21. The highest BCUT2D eigenvalue weighted by Gasteiger charge is 2.42. The number of aromatic nitrogens is 4. The van der Waals surface area contributed by atoms with Crippen LogP contribution in [-0.4, -0.2) is 38.4 Å². The molecule has 3 aromatic rings. The molecule has 0 saturated carbocycles. The predicted molar refractivity (Wildman–Crippen MR) is 105 cm³/mol. The molecule has 1 aromatic carbocycles. The first-order valence-corrected chi connectivity index (χ1v) is 9.63. The van der Waals surface area contributed by atoms with Crippen molar-refractivity contribution in [1.82, 2.24) is 19.1 Å². The van der Waals surface area contributed by atoms with Crippen LogP contribution in [0, 0.1) is 17.2 Å². The average Bonchev–Trinajstić information content (AvgIpc) is 3.17. The van der Waals surface area contributed by atoms with Gasteiger partial charge in [0.2, 0.25) is 5.95 Å². The number of hydrogen-bond acceptors (Lipinski definition) is 5. The lowest BCUT2D eigenvalue weighted by molar-refractivity contribution is -0.176. The standard InChI is InChI=1S/C20H19F3N6O/c1-2-27-12-25-16-17(27)26-19(28-9-3-4-14(11-28)20(21,22)23)29(18(16)30)15-7-5-13(10-24)6-8-15/h5-8,12,14H,2-4,9,11H2,1H3. The van der Waals surface area contributed by atoms with Gasteiger partial charge in [0.25, 0.3) is 5.56 Å². The summed E-state index contributed by atoms with van der Waals surface area (Å²) in [6.45, 7) is 2.49. The van der Waals surface area contributed by atoms with Crippen LogP contribution in [0.1, 0.15) is 25.3 Å². The molecule has 1 saturated heterocycles.